The molecule has 0 spiro atoms. The number of pyridine rings is 1. The number of aromatic nitrogens is 1. The number of nitrogens with zero attached hydrogens (tertiary/aromatic N) is 2. The van der Waals surface area contributed by atoms with Gasteiger partial charge in [0.1, 0.15) is 5.75 Å². The van der Waals surface area contributed by atoms with E-state index in [0.29, 0.717) is 29.7 Å². The molecule has 30 heavy (non-hydrogen) atoms. The standard InChI is InChI=1S/C25H29N3O2/c1-16(2)22-11-19(5)12-23(13-22)30-24-7-6-21(15-26-24)25(28-29)27-14-20-9-17(3)8-18(4)10-20/h6-13,15-16,29H,14H2,1-5H3,(H,27,28). The number of aryl methyl sites for hydroxylation is 3. The lowest BCUT2D eigenvalue weighted by atomic mass is 10.0. The van der Waals surface area contributed by atoms with Gasteiger partial charge in [0, 0.05) is 17.8 Å². The summed E-state index contributed by atoms with van der Waals surface area (Å²) in [5.41, 5.74) is 8.72. The molecule has 3 aromatic rings. The maximum Gasteiger partial charge on any atom is 0.219 e. The fourth-order valence-corrected chi connectivity index (χ4v) is 3.39. The van der Waals surface area contributed by atoms with Crippen molar-refractivity contribution >= 4 is 5.84 Å². The van der Waals surface area contributed by atoms with Crippen LogP contribution >= 0.6 is 0 Å². The summed E-state index contributed by atoms with van der Waals surface area (Å²) in [7, 11) is 0. The summed E-state index contributed by atoms with van der Waals surface area (Å²) in [5, 5.41) is 9.54. The summed E-state index contributed by atoms with van der Waals surface area (Å²) in [4.78, 5) is 8.87. The predicted molar refractivity (Wildman–Crippen MR) is 121 cm³/mol. The number of rotatable bonds is 6. The third-order valence-electron chi connectivity index (χ3n) is 4.78. The third-order valence-corrected chi connectivity index (χ3v) is 4.78. The zero-order valence-corrected chi connectivity index (χ0v) is 18.2. The lowest BCUT2D eigenvalue weighted by molar-refractivity contribution is 0.234. The number of nitrogens with one attached hydrogen (secondary N) is 1. The van der Waals surface area contributed by atoms with Gasteiger partial charge in [-0.3, -0.25) is 15.7 Å². The summed E-state index contributed by atoms with van der Waals surface area (Å²) in [6.45, 7) is 11.0. The van der Waals surface area contributed by atoms with Gasteiger partial charge in [-0.2, -0.15) is 0 Å². The summed E-state index contributed by atoms with van der Waals surface area (Å²) in [6.07, 6.45) is 1.64. The molecule has 0 radical (unpaired) electrons. The average molecular weight is 404 g/mol. The van der Waals surface area contributed by atoms with Crippen LogP contribution in [0.5, 0.6) is 11.6 Å². The monoisotopic (exact) mass is 403 g/mol. The Labute approximate surface area is 178 Å². The normalized spacial score (nSPS) is 11.6. The number of amidine groups is 1. The van der Waals surface area contributed by atoms with Crippen LogP contribution in [-0.4, -0.2) is 16.0 Å². The molecule has 0 atom stereocenters. The van der Waals surface area contributed by atoms with Crippen molar-refractivity contribution in [3.63, 3.8) is 0 Å². The fraction of sp³-hybridized carbons (Fsp3) is 0.280. The molecule has 0 fully saturated rings. The SMILES string of the molecule is Cc1cc(C)cc(CN=C(NO)c2ccc(Oc3cc(C)cc(C(C)C)c3)nc2)c1. The van der Waals surface area contributed by atoms with E-state index in [2.05, 4.69) is 74.3 Å². The molecular formula is C25H29N3O2. The van der Waals surface area contributed by atoms with E-state index >= 15 is 0 Å². The highest BCUT2D eigenvalue weighted by Gasteiger charge is 2.08. The van der Waals surface area contributed by atoms with E-state index in [1.165, 1.54) is 16.7 Å². The van der Waals surface area contributed by atoms with Gasteiger partial charge in [0.05, 0.1) is 6.54 Å². The van der Waals surface area contributed by atoms with Crippen molar-refractivity contribution in [3.05, 3.63) is 88.1 Å². The minimum Gasteiger partial charge on any atom is -0.439 e. The van der Waals surface area contributed by atoms with Crippen LogP contribution in [0.15, 0.2) is 59.7 Å². The maximum absolute atomic E-state index is 9.54. The highest BCUT2D eigenvalue weighted by Crippen LogP contribution is 2.26. The fourth-order valence-electron chi connectivity index (χ4n) is 3.39. The van der Waals surface area contributed by atoms with Crippen LogP contribution in [0.25, 0.3) is 0 Å². The second-order valence-electron chi connectivity index (χ2n) is 7.99. The molecule has 0 unspecified atom stereocenters. The molecule has 3 rings (SSSR count). The molecule has 1 heterocycles. The Kier molecular flexibility index (Phi) is 6.85. The van der Waals surface area contributed by atoms with Gasteiger partial charge in [0.15, 0.2) is 5.84 Å². The average Bonchev–Trinajstić information content (AvgIpc) is 2.68. The third kappa shape index (κ3) is 5.67. The summed E-state index contributed by atoms with van der Waals surface area (Å²) in [5.74, 6) is 2.05. The van der Waals surface area contributed by atoms with Gasteiger partial charge in [-0.25, -0.2) is 4.98 Å². The summed E-state index contributed by atoms with van der Waals surface area (Å²) >= 11 is 0. The molecule has 1 aromatic heterocycles. The second kappa shape index (κ2) is 9.55. The predicted octanol–water partition coefficient (Wildman–Crippen LogP) is 5.85. The highest BCUT2D eigenvalue weighted by molar-refractivity contribution is 5.97. The van der Waals surface area contributed by atoms with Gasteiger partial charge >= 0.3 is 0 Å². The number of ether oxygens (including phenoxy) is 1. The first-order chi connectivity index (χ1) is 14.3. The van der Waals surface area contributed by atoms with E-state index in [4.69, 9.17) is 4.74 Å². The highest BCUT2D eigenvalue weighted by atomic mass is 16.5. The summed E-state index contributed by atoms with van der Waals surface area (Å²) in [6, 6.07) is 16.1. The van der Waals surface area contributed by atoms with E-state index < -0.39 is 0 Å². The van der Waals surface area contributed by atoms with Crippen LogP contribution in [-0.2, 0) is 6.54 Å². The maximum atomic E-state index is 9.54. The molecule has 2 aromatic carbocycles. The number of hydrogen-bond acceptors (Lipinski definition) is 4. The number of hydrogen-bond donors (Lipinski definition) is 2. The van der Waals surface area contributed by atoms with Gasteiger partial charge in [0.2, 0.25) is 5.88 Å². The molecule has 0 saturated carbocycles. The first-order valence-electron chi connectivity index (χ1n) is 10.1. The van der Waals surface area contributed by atoms with E-state index in [0.717, 1.165) is 16.9 Å². The van der Waals surface area contributed by atoms with E-state index in [1.807, 2.05) is 18.2 Å². The van der Waals surface area contributed by atoms with Crippen LogP contribution in [0.1, 0.15) is 53.1 Å². The lowest BCUT2D eigenvalue weighted by Gasteiger charge is -2.11. The van der Waals surface area contributed by atoms with Gasteiger partial charge in [-0.1, -0.05) is 49.2 Å². The quantitative estimate of drug-likeness (QED) is 0.308. The molecule has 0 saturated heterocycles. The first-order valence-corrected chi connectivity index (χ1v) is 10.1. The van der Waals surface area contributed by atoms with E-state index in [1.54, 1.807) is 12.3 Å². The molecule has 0 aliphatic rings. The van der Waals surface area contributed by atoms with Crippen molar-refractivity contribution in [2.24, 2.45) is 4.99 Å². The van der Waals surface area contributed by atoms with Crippen LogP contribution in [0, 0.1) is 20.8 Å². The first kappa shape index (κ1) is 21.5. The smallest absolute Gasteiger partial charge is 0.219 e. The number of aliphatic imine (C=N–C) groups is 1. The van der Waals surface area contributed by atoms with Crippen LogP contribution in [0.2, 0.25) is 0 Å². The molecular weight excluding hydrogens is 374 g/mol. The Morgan fingerprint density at radius 1 is 1.00 bits per heavy atom. The molecule has 0 bridgehead atoms. The molecule has 5 heteroatoms. The topological polar surface area (TPSA) is 66.7 Å². The molecule has 0 aliphatic heterocycles. The second-order valence-corrected chi connectivity index (χ2v) is 7.99. The Balaban J connectivity index is 1.75. The Hall–Kier alpha value is -3.18. The molecule has 156 valence electrons. The van der Waals surface area contributed by atoms with Crippen molar-refractivity contribution in [2.45, 2.75) is 47.1 Å². The lowest BCUT2D eigenvalue weighted by Crippen LogP contribution is -2.20. The minimum absolute atomic E-state index is 0.367. The Morgan fingerprint density at radius 3 is 2.30 bits per heavy atom. The van der Waals surface area contributed by atoms with Crippen molar-refractivity contribution < 1.29 is 9.94 Å². The Morgan fingerprint density at radius 2 is 1.70 bits per heavy atom. The van der Waals surface area contributed by atoms with Crippen LogP contribution in [0.3, 0.4) is 0 Å². The van der Waals surface area contributed by atoms with Crippen molar-refractivity contribution in [1.82, 2.24) is 10.5 Å². The van der Waals surface area contributed by atoms with Gasteiger partial charge < -0.3 is 4.74 Å². The van der Waals surface area contributed by atoms with Gasteiger partial charge in [-0.15, -0.1) is 0 Å². The molecule has 5 nitrogen and oxygen atoms in total. The zero-order chi connectivity index (χ0) is 21.7. The Bertz CT molecular complexity index is 1020. The van der Waals surface area contributed by atoms with E-state index in [9.17, 15) is 5.21 Å². The van der Waals surface area contributed by atoms with Gasteiger partial charge in [-0.05, 0) is 61.6 Å². The molecule has 2 N–H and O–H groups in total. The van der Waals surface area contributed by atoms with E-state index in [-0.39, 0.29) is 0 Å². The minimum atomic E-state index is 0.367. The largest absolute Gasteiger partial charge is 0.439 e. The molecule has 0 aliphatic carbocycles. The van der Waals surface area contributed by atoms with Crippen LogP contribution in [0.4, 0.5) is 0 Å². The number of hydroxylamine groups is 1. The zero-order valence-electron chi connectivity index (χ0n) is 18.2. The van der Waals surface area contributed by atoms with Crippen molar-refractivity contribution in [1.29, 1.82) is 0 Å². The molecule has 0 amide bonds. The van der Waals surface area contributed by atoms with Crippen molar-refractivity contribution in [3.8, 4) is 11.6 Å². The van der Waals surface area contributed by atoms with Gasteiger partial charge in [0.25, 0.3) is 0 Å². The summed E-state index contributed by atoms with van der Waals surface area (Å²) < 4.78 is 5.94. The van der Waals surface area contributed by atoms with Crippen LogP contribution < -0.4 is 10.2 Å². The number of benzene rings is 2. The van der Waals surface area contributed by atoms with Crippen molar-refractivity contribution in [2.75, 3.05) is 0 Å².